The molecule has 3 nitrogen and oxygen atoms in total. The van der Waals surface area contributed by atoms with Crippen molar-refractivity contribution >= 4 is 11.8 Å². The maximum atomic E-state index is 13.6. The molecular weight excluding hydrogens is 408 g/mol. The molecule has 182 valence electrons. The Bertz CT molecular complexity index is 964. The molecule has 1 spiro atoms. The van der Waals surface area contributed by atoms with Crippen molar-refractivity contribution in [2.45, 2.75) is 105 Å². The van der Waals surface area contributed by atoms with E-state index in [1.165, 1.54) is 0 Å². The minimum atomic E-state index is -0.467. The normalized spacial score (nSPS) is 58.6. The van der Waals surface area contributed by atoms with Gasteiger partial charge in [-0.05, 0) is 85.5 Å². The average Bonchev–Trinajstić information content (AvgIpc) is 2.95. The number of esters is 1. The molecule has 1 aliphatic heterocycles. The van der Waals surface area contributed by atoms with Crippen molar-refractivity contribution in [2.24, 2.45) is 56.7 Å². The van der Waals surface area contributed by atoms with Crippen molar-refractivity contribution in [3.63, 3.8) is 0 Å². The Kier molecular flexibility index (Phi) is 4.17. The molecule has 1 saturated heterocycles. The van der Waals surface area contributed by atoms with Gasteiger partial charge in [-0.3, -0.25) is 9.59 Å². The van der Waals surface area contributed by atoms with E-state index in [-0.39, 0.29) is 33.0 Å². The molecule has 6 rings (SSSR count). The van der Waals surface area contributed by atoms with Crippen molar-refractivity contribution in [1.82, 2.24) is 0 Å². The first-order chi connectivity index (χ1) is 15.3. The second-order valence-electron chi connectivity index (χ2n) is 14.5. The molecule has 4 saturated carbocycles. The maximum Gasteiger partial charge on any atom is 0.313 e. The Morgan fingerprint density at radius 1 is 0.909 bits per heavy atom. The van der Waals surface area contributed by atoms with Crippen LogP contribution in [0.25, 0.3) is 0 Å². The van der Waals surface area contributed by atoms with E-state index >= 15 is 0 Å². The molecule has 3 heteroatoms. The van der Waals surface area contributed by atoms with Gasteiger partial charge in [-0.15, -0.1) is 0 Å². The Labute approximate surface area is 200 Å². The molecule has 0 N–H and O–H groups in total. The van der Waals surface area contributed by atoms with Gasteiger partial charge in [0.1, 0.15) is 11.4 Å². The SMILES string of the molecule is CC1CCC23CCC4(C)C(C=CC5[C@@]6(C)CCC(=O)C(C)(C)C6CC[C@]54C)(OC2=O)[C@@H]3[C@H]1C. The topological polar surface area (TPSA) is 43.4 Å². The third-order valence-electron chi connectivity index (χ3n) is 13.6. The van der Waals surface area contributed by atoms with Crippen molar-refractivity contribution in [3.8, 4) is 0 Å². The first kappa shape index (κ1) is 22.4. The lowest BCUT2D eigenvalue weighted by atomic mass is 9.32. The number of carbonyl (C=O) groups is 2. The van der Waals surface area contributed by atoms with Crippen molar-refractivity contribution in [1.29, 1.82) is 0 Å². The van der Waals surface area contributed by atoms with Crippen molar-refractivity contribution in [3.05, 3.63) is 12.2 Å². The Morgan fingerprint density at radius 2 is 1.64 bits per heavy atom. The molecule has 0 aromatic heterocycles. The lowest BCUT2D eigenvalue weighted by Gasteiger charge is -2.71. The van der Waals surface area contributed by atoms with Crippen LogP contribution in [0.15, 0.2) is 12.2 Å². The first-order valence-corrected chi connectivity index (χ1v) is 13.8. The number of hydrogen-bond acceptors (Lipinski definition) is 3. The summed E-state index contributed by atoms with van der Waals surface area (Å²) in [5, 5.41) is 0. The lowest BCUT2D eigenvalue weighted by molar-refractivity contribution is -0.235. The molecule has 6 unspecified atom stereocenters. The molecule has 0 aromatic carbocycles. The summed E-state index contributed by atoms with van der Waals surface area (Å²) < 4.78 is 6.70. The summed E-state index contributed by atoms with van der Waals surface area (Å²) in [4.78, 5) is 26.6. The summed E-state index contributed by atoms with van der Waals surface area (Å²) in [6.07, 6.45) is 13.1. The average molecular weight is 453 g/mol. The molecule has 5 aliphatic carbocycles. The molecular formula is C30H44O3. The number of ether oxygens (including phenoxy) is 1. The highest BCUT2D eigenvalue weighted by atomic mass is 16.6. The number of Topliss-reactive ketones (excluding diaryl/α,β-unsaturated/α-hetero) is 1. The summed E-state index contributed by atoms with van der Waals surface area (Å²) in [6, 6.07) is 0. The van der Waals surface area contributed by atoms with Crippen LogP contribution in [0.3, 0.4) is 0 Å². The molecule has 6 aliphatic rings. The highest BCUT2D eigenvalue weighted by Crippen LogP contribution is 2.79. The number of allylic oxidation sites excluding steroid dienone is 1. The largest absolute Gasteiger partial charge is 0.453 e. The summed E-state index contributed by atoms with van der Waals surface area (Å²) in [5.74, 6) is 2.83. The van der Waals surface area contributed by atoms with E-state index in [1.54, 1.807) is 0 Å². The third-order valence-corrected chi connectivity index (χ3v) is 13.6. The van der Waals surface area contributed by atoms with Gasteiger partial charge in [0, 0.05) is 23.2 Å². The molecule has 0 aromatic rings. The van der Waals surface area contributed by atoms with Gasteiger partial charge in [0.15, 0.2) is 0 Å². The standard InChI is InChI=1S/C30H44O3/c1-18-8-14-29-17-16-28(7)27(6)13-9-20-25(3,4)22(31)11-12-26(20,5)21(27)10-15-30(28,33-24(29)32)23(29)19(18)2/h10,15,18-21,23H,8-9,11-14,16-17H2,1-7H3/t18?,19-,20?,21?,23+,26-,27+,28?,29?,30?/m0/s1. The molecule has 10 atom stereocenters. The van der Waals surface area contributed by atoms with E-state index in [2.05, 4.69) is 60.6 Å². The van der Waals surface area contributed by atoms with Gasteiger partial charge < -0.3 is 4.74 Å². The van der Waals surface area contributed by atoms with Crippen LogP contribution in [0, 0.1) is 56.7 Å². The van der Waals surface area contributed by atoms with Gasteiger partial charge in [0.05, 0.1) is 5.41 Å². The van der Waals surface area contributed by atoms with Crippen LogP contribution in [-0.2, 0) is 14.3 Å². The lowest BCUT2D eigenvalue weighted by Crippen LogP contribution is -2.70. The van der Waals surface area contributed by atoms with E-state index in [0.29, 0.717) is 41.8 Å². The van der Waals surface area contributed by atoms with Gasteiger partial charge >= 0.3 is 5.97 Å². The van der Waals surface area contributed by atoms with E-state index in [9.17, 15) is 9.59 Å². The van der Waals surface area contributed by atoms with Crippen LogP contribution in [0.2, 0.25) is 0 Å². The third kappa shape index (κ3) is 2.17. The van der Waals surface area contributed by atoms with Gasteiger partial charge in [0.2, 0.25) is 0 Å². The molecule has 33 heavy (non-hydrogen) atoms. The quantitative estimate of drug-likeness (QED) is 0.302. The summed E-state index contributed by atoms with van der Waals surface area (Å²) in [7, 11) is 0. The molecule has 0 radical (unpaired) electrons. The predicted octanol–water partition coefficient (Wildman–Crippen LogP) is 6.75. The van der Waals surface area contributed by atoms with Crippen LogP contribution in [0.1, 0.15) is 99.8 Å². The smallest absolute Gasteiger partial charge is 0.313 e. The van der Waals surface area contributed by atoms with Crippen LogP contribution < -0.4 is 0 Å². The van der Waals surface area contributed by atoms with Crippen molar-refractivity contribution in [2.75, 3.05) is 0 Å². The Balaban J connectivity index is 1.52. The van der Waals surface area contributed by atoms with Gasteiger partial charge in [-0.2, -0.15) is 0 Å². The fourth-order valence-electron chi connectivity index (χ4n) is 11.2. The van der Waals surface area contributed by atoms with Crippen molar-refractivity contribution < 1.29 is 14.3 Å². The zero-order valence-corrected chi connectivity index (χ0v) is 21.9. The molecule has 1 heterocycles. The van der Waals surface area contributed by atoms with E-state index in [0.717, 1.165) is 44.9 Å². The predicted molar refractivity (Wildman–Crippen MR) is 129 cm³/mol. The summed E-state index contributed by atoms with van der Waals surface area (Å²) in [6.45, 7) is 16.7. The van der Waals surface area contributed by atoms with Crippen LogP contribution in [-0.4, -0.2) is 17.4 Å². The number of rotatable bonds is 0. The zero-order valence-electron chi connectivity index (χ0n) is 21.9. The molecule has 5 fully saturated rings. The monoisotopic (exact) mass is 452 g/mol. The minimum absolute atomic E-state index is 0.0648. The fraction of sp³-hybridized carbons (Fsp3) is 0.867. The first-order valence-electron chi connectivity index (χ1n) is 13.8. The van der Waals surface area contributed by atoms with Gasteiger partial charge in [0.25, 0.3) is 0 Å². The van der Waals surface area contributed by atoms with E-state index < -0.39 is 5.60 Å². The number of carbonyl (C=O) groups excluding carboxylic acids is 2. The number of hydrogen-bond donors (Lipinski definition) is 0. The number of ketones is 1. The van der Waals surface area contributed by atoms with E-state index in [4.69, 9.17) is 4.74 Å². The second-order valence-corrected chi connectivity index (χ2v) is 14.5. The second kappa shape index (κ2) is 6.16. The number of fused-ring (bicyclic) bond motifs is 4. The molecule has 0 amide bonds. The van der Waals surface area contributed by atoms with Crippen LogP contribution in [0.4, 0.5) is 0 Å². The van der Waals surface area contributed by atoms with Gasteiger partial charge in [-0.1, -0.05) is 54.5 Å². The highest BCUT2D eigenvalue weighted by Gasteiger charge is 2.80. The minimum Gasteiger partial charge on any atom is -0.453 e. The van der Waals surface area contributed by atoms with Crippen LogP contribution >= 0.6 is 0 Å². The zero-order chi connectivity index (χ0) is 23.8. The van der Waals surface area contributed by atoms with Crippen LogP contribution in [0.5, 0.6) is 0 Å². The molecule has 2 bridgehead atoms. The Morgan fingerprint density at radius 3 is 2.36 bits per heavy atom. The summed E-state index contributed by atoms with van der Waals surface area (Å²) in [5.41, 5.74) is -0.850. The summed E-state index contributed by atoms with van der Waals surface area (Å²) >= 11 is 0. The van der Waals surface area contributed by atoms with E-state index in [1.807, 2.05) is 0 Å². The Hall–Kier alpha value is -1.12. The highest BCUT2D eigenvalue weighted by molar-refractivity contribution is 5.85. The maximum absolute atomic E-state index is 13.6. The fourth-order valence-corrected chi connectivity index (χ4v) is 11.2. The van der Waals surface area contributed by atoms with Gasteiger partial charge in [-0.25, -0.2) is 0 Å².